The number of benzene rings is 1. The van der Waals surface area contributed by atoms with Crippen LogP contribution in [0.5, 0.6) is 0 Å². The molecule has 0 amide bonds. The number of rotatable bonds is 3. The second-order valence-electron chi connectivity index (χ2n) is 4.87. The van der Waals surface area contributed by atoms with Gasteiger partial charge in [-0.2, -0.15) is 5.10 Å². The summed E-state index contributed by atoms with van der Waals surface area (Å²) in [7, 11) is 0. The summed E-state index contributed by atoms with van der Waals surface area (Å²) in [6.07, 6.45) is 6.22. The summed E-state index contributed by atoms with van der Waals surface area (Å²) >= 11 is 0. The van der Waals surface area contributed by atoms with Gasteiger partial charge in [-0.05, 0) is 49.1 Å². The van der Waals surface area contributed by atoms with Crippen molar-refractivity contribution in [3.8, 4) is 5.69 Å². The molecule has 0 unspecified atom stereocenters. The zero-order valence-corrected chi connectivity index (χ0v) is 11.5. The molecule has 2 rings (SSSR count). The maximum Gasteiger partial charge on any atom is 0.0680 e. The van der Waals surface area contributed by atoms with Crippen molar-refractivity contribution in [2.45, 2.75) is 33.6 Å². The molecule has 0 saturated carbocycles. The van der Waals surface area contributed by atoms with E-state index in [-0.39, 0.29) is 0 Å². The maximum atomic E-state index is 4.50. The standard InChI is InChI=1S/C16H20N2/c1-5-6-14-7-8-16(15(11-14)12(2)3)18-10-9-13(4)17-18/h5-12H,1-4H3/b6-5+. The molecule has 0 bridgehead atoms. The first-order valence-corrected chi connectivity index (χ1v) is 6.41. The van der Waals surface area contributed by atoms with Gasteiger partial charge in [0.1, 0.15) is 0 Å². The number of nitrogens with zero attached hydrogens (tertiary/aromatic N) is 2. The maximum absolute atomic E-state index is 4.50. The van der Waals surface area contributed by atoms with E-state index in [1.54, 1.807) is 0 Å². The Balaban J connectivity index is 2.53. The molecule has 2 heteroatoms. The van der Waals surface area contributed by atoms with E-state index in [9.17, 15) is 0 Å². The quantitative estimate of drug-likeness (QED) is 0.780. The van der Waals surface area contributed by atoms with Crippen molar-refractivity contribution >= 4 is 6.08 Å². The van der Waals surface area contributed by atoms with Gasteiger partial charge in [0.2, 0.25) is 0 Å². The van der Waals surface area contributed by atoms with Crippen LogP contribution < -0.4 is 0 Å². The van der Waals surface area contributed by atoms with Crippen molar-refractivity contribution in [2.24, 2.45) is 0 Å². The van der Waals surface area contributed by atoms with Gasteiger partial charge < -0.3 is 0 Å². The third-order valence-corrected chi connectivity index (χ3v) is 3.00. The highest BCUT2D eigenvalue weighted by atomic mass is 15.3. The van der Waals surface area contributed by atoms with Crippen LogP contribution in [0.15, 0.2) is 36.5 Å². The molecule has 0 atom stereocenters. The molecule has 0 saturated heterocycles. The zero-order chi connectivity index (χ0) is 13.1. The van der Waals surface area contributed by atoms with Crippen LogP contribution in [0, 0.1) is 6.92 Å². The van der Waals surface area contributed by atoms with E-state index in [4.69, 9.17) is 0 Å². The lowest BCUT2D eigenvalue weighted by Gasteiger charge is -2.13. The fourth-order valence-electron chi connectivity index (χ4n) is 2.09. The molecule has 0 aliphatic heterocycles. The molecule has 0 aliphatic rings. The minimum Gasteiger partial charge on any atom is -0.240 e. The summed E-state index contributed by atoms with van der Waals surface area (Å²) < 4.78 is 1.96. The Kier molecular flexibility index (Phi) is 3.66. The van der Waals surface area contributed by atoms with Crippen LogP contribution in [0.25, 0.3) is 11.8 Å². The van der Waals surface area contributed by atoms with Gasteiger partial charge in [-0.15, -0.1) is 0 Å². The van der Waals surface area contributed by atoms with Crippen LogP contribution in [-0.2, 0) is 0 Å². The van der Waals surface area contributed by atoms with Crippen molar-refractivity contribution in [3.63, 3.8) is 0 Å². The SMILES string of the molecule is C/C=C/c1ccc(-n2ccc(C)n2)c(C(C)C)c1. The Bertz CT molecular complexity index is 562. The van der Waals surface area contributed by atoms with E-state index in [1.807, 2.05) is 30.8 Å². The van der Waals surface area contributed by atoms with Gasteiger partial charge in [0.25, 0.3) is 0 Å². The third-order valence-electron chi connectivity index (χ3n) is 3.00. The molecule has 2 nitrogen and oxygen atoms in total. The highest BCUT2D eigenvalue weighted by molar-refractivity contribution is 5.55. The Morgan fingerprint density at radius 1 is 1.22 bits per heavy atom. The van der Waals surface area contributed by atoms with Gasteiger partial charge in [0, 0.05) is 6.20 Å². The van der Waals surface area contributed by atoms with Crippen LogP contribution in [0.2, 0.25) is 0 Å². The minimum absolute atomic E-state index is 0.481. The largest absolute Gasteiger partial charge is 0.240 e. The van der Waals surface area contributed by atoms with Crippen molar-refractivity contribution < 1.29 is 0 Å². The summed E-state index contributed by atoms with van der Waals surface area (Å²) in [6.45, 7) is 8.49. The van der Waals surface area contributed by atoms with Gasteiger partial charge in [-0.25, -0.2) is 4.68 Å². The van der Waals surface area contributed by atoms with Gasteiger partial charge in [0.05, 0.1) is 11.4 Å². The molecular weight excluding hydrogens is 220 g/mol. The van der Waals surface area contributed by atoms with Gasteiger partial charge in [-0.1, -0.05) is 32.1 Å². The molecule has 2 aromatic rings. The fourth-order valence-corrected chi connectivity index (χ4v) is 2.09. The summed E-state index contributed by atoms with van der Waals surface area (Å²) in [5, 5.41) is 4.50. The molecule has 1 aromatic carbocycles. The normalized spacial score (nSPS) is 11.6. The van der Waals surface area contributed by atoms with Crippen LogP contribution in [0.1, 0.15) is 43.5 Å². The molecule has 0 N–H and O–H groups in total. The first kappa shape index (κ1) is 12.6. The van der Waals surface area contributed by atoms with E-state index in [2.05, 4.69) is 49.3 Å². The second-order valence-corrected chi connectivity index (χ2v) is 4.87. The molecule has 18 heavy (non-hydrogen) atoms. The van der Waals surface area contributed by atoms with Crippen molar-refractivity contribution in [1.29, 1.82) is 0 Å². The Labute approximate surface area is 109 Å². The number of allylic oxidation sites excluding steroid dienone is 1. The van der Waals surface area contributed by atoms with Gasteiger partial charge in [0.15, 0.2) is 0 Å². The first-order valence-electron chi connectivity index (χ1n) is 6.41. The van der Waals surface area contributed by atoms with Crippen LogP contribution in [-0.4, -0.2) is 9.78 Å². The summed E-state index contributed by atoms with van der Waals surface area (Å²) in [5.41, 5.74) is 4.79. The lowest BCUT2D eigenvalue weighted by Crippen LogP contribution is -2.02. The number of aryl methyl sites for hydroxylation is 1. The molecule has 0 spiro atoms. The lowest BCUT2D eigenvalue weighted by atomic mass is 9.98. The monoisotopic (exact) mass is 240 g/mol. The Morgan fingerprint density at radius 2 is 2.00 bits per heavy atom. The smallest absolute Gasteiger partial charge is 0.0680 e. The predicted molar refractivity (Wildman–Crippen MR) is 77.1 cm³/mol. The highest BCUT2D eigenvalue weighted by Gasteiger charge is 2.09. The average Bonchev–Trinajstić information content (AvgIpc) is 2.76. The molecule has 0 radical (unpaired) electrons. The summed E-state index contributed by atoms with van der Waals surface area (Å²) in [6, 6.07) is 8.57. The average molecular weight is 240 g/mol. The molecule has 1 aromatic heterocycles. The Morgan fingerprint density at radius 3 is 2.56 bits per heavy atom. The molecule has 94 valence electrons. The molecule has 1 heterocycles. The summed E-state index contributed by atoms with van der Waals surface area (Å²) in [4.78, 5) is 0. The van der Waals surface area contributed by atoms with E-state index >= 15 is 0 Å². The number of hydrogen-bond donors (Lipinski definition) is 0. The topological polar surface area (TPSA) is 17.8 Å². The number of hydrogen-bond acceptors (Lipinski definition) is 1. The van der Waals surface area contributed by atoms with Crippen molar-refractivity contribution in [3.05, 3.63) is 53.4 Å². The lowest BCUT2D eigenvalue weighted by molar-refractivity contribution is 0.802. The van der Waals surface area contributed by atoms with E-state index in [0.29, 0.717) is 5.92 Å². The number of aromatic nitrogens is 2. The molecular formula is C16H20N2. The minimum atomic E-state index is 0.481. The van der Waals surface area contributed by atoms with E-state index in [0.717, 1.165) is 5.69 Å². The fraction of sp³-hybridized carbons (Fsp3) is 0.312. The van der Waals surface area contributed by atoms with Crippen LogP contribution >= 0.6 is 0 Å². The van der Waals surface area contributed by atoms with Crippen molar-refractivity contribution in [1.82, 2.24) is 9.78 Å². The van der Waals surface area contributed by atoms with Gasteiger partial charge in [-0.3, -0.25) is 0 Å². The third kappa shape index (κ3) is 2.53. The van der Waals surface area contributed by atoms with Crippen LogP contribution in [0.3, 0.4) is 0 Å². The molecule has 0 fully saturated rings. The second kappa shape index (κ2) is 5.21. The van der Waals surface area contributed by atoms with Crippen LogP contribution in [0.4, 0.5) is 0 Å². The summed E-state index contributed by atoms with van der Waals surface area (Å²) in [5.74, 6) is 0.481. The van der Waals surface area contributed by atoms with E-state index in [1.165, 1.54) is 16.8 Å². The highest BCUT2D eigenvalue weighted by Crippen LogP contribution is 2.24. The molecule has 0 aliphatic carbocycles. The van der Waals surface area contributed by atoms with Crippen molar-refractivity contribution in [2.75, 3.05) is 0 Å². The van der Waals surface area contributed by atoms with Gasteiger partial charge >= 0.3 is 0 Å². The van der Waals surface area contributed by atoms with E-state index < -0.39 is 0 Å². The Hall–Kier alpha value is -1.83. The first-order chi connectivity index (χ1) is 8.61. The zero-order valence-electron chi connectivity index (χ0n) is 11.5. The predicted octanol–water partition coefficient (Wildman–Crippen LogP) is 4.34.